The van der Waals surface area contributed by atoms with E-state index in [0.717, 1.165) is 24.0 Å². The van der Waals surface area contributed by atoms with Gasteiger partial charge in [0.1, 0.15) is 24.7 Å². The normalized spacial score (nSPS) is 10.9. The number of aromatic carboxylic acids is 1. The summed E-state index contributed by atoms with van der Waals surface area (Å²) in [5.74, 6) is -1.14. The zero-order valence-corrected chi connectivity index (χ0v) is 15.0. The van der Waals surface area contributed by atoms with Crippen LogP contribution in [0, 0.1) is 5.82 Å². The predicted octanol–water partition coefficient (Wildman–Crippen LogP) is 3.64. The quantitative estimate of drug-likeness (QED) is 0.514. The highest BCUT2D eigenvalue weighted by atomic mass is 19.1. The van der Waals surface area contributed by atoms with Gasteiger partial charge in [-0.3, -0.25) is 4.98 Å². The van der Waals surface area contributed by atoms with Crippen molar-refractivity contribution in [2.24, 2.45) is 0 Å². The summed E-state index contributed by atoms with van der Waals surface area (Å²) < 4.78 is 18.8. The Morgan fingerprint density at radius 3 is 2.63 bits per heavy atom. The highest BCUT2D eigenvalue weighted by Gasteiger charge is 2.18. The Bertz CT molecular complexity index is 973. The van der Waals surface area contributed by atoms with Gasteiger partial charge in [0, 0.05) is 6.20 Å². The summed E-state index contributed by atoms with van der Waals surface area (Å²) in [5, 5.41) is 10.1. The van der Waals surface area contributed by atoms with Crippen molar-refractivity contribution < 1.29 is 19.0 Å². The van der Waals surface area contributed by atoms with E-state index >= 15 is 0 Å². The minimum Gasteiger partial charge on any atom is -0.490 e. The van der Waals surface area contributed by atoms with Crippen molar-refractivity contribution in [3.8, 4) is 5.75 Å². The standard InChI is InChI=1S/C21H19BFNO3/c1-2-3-8-27-20-17(21(25)26)11-18(22)16-10-14(12-24-19(16)20)9-13-4-6-15(23)7-5-13/h4-7,10-12H,2-3,8-9H2,1H3,(H,25,26). The fraction of sp³-hybridized carbons (Fsp3) is 0.238. The molecule has 0 spiro atoms. The molecule has 4 nitrogen and oxygen atoms in total. The Balaban J connectivity index is 2.02. The molecule has 0 saturated heterocycles. The lowest BCUT2D eigenvalue weighted by molar-refractivity contribution is 0.0692. The molecular formula is C21H19BFNO3. The number of hydrogen-bond acceptors (Lipinski definition) is 3. The van der Waals surface area contributed by atoms with E-state index in [1.54, 1.807) is 18.3 Å². The molecule has 0 amide bonds. The lowest BCUT2D eigenvalue weighted by atomic mass is 9.88. The fourth-order valence-electron chi connectivity index (χ4n) is 2.89. The van der Waals surface area contributed by atoms with E-state index in [1.807, 2.05) is 13.0 Å². The van der Waals surface area contributed by atoms with Crippen molar-refractivity contribution in [3.63, 3.8) is 0 Å². The number of nitrogens with zero attached hydrogens (tertiary/aromatic N) is 1. The third-order valence-electron chi connectivity index (χ3n) is 4.31. The first-order valence-electron chi connectivity index (χ1n) is 8.81. The molecule has 0 fully saturated rings. The first-order valence-corrected chi connectivity index (χ1v) is 8.81. The van der Waals surface area contributed by atoms with E-state index < -0.39 is 5.97 Å². The van der Waals surface area contributed by atoms with Crippen molar-refractivity contribution in [2.75, 3.05) is 6.61 Å². The van der Waals surface area contributed by atoms with Crippen LogP contribution in [-0.2, 0) is 6.42 Å². The van der Waals surface area contributed by atoms with Crippen molar-refractivity contribution in [3.05, 3.63) is 65.1 Å². The predicted molar refractivity (Wildman–Crippen MR) is 104 cm³/mol. The van der Waals surface area contributed by atoms with Gasteiger partial charge in [0.15, 0.2) is 5.75 Å². The number of benzene rings is 2. The van der Waals surface area contributed by atoms with Crippen LogP contribution in [0.5, 0.6) is 5.75 Å². The first kappa shape index (κ1) is 18.9. The van der Waals surface area contributed by atoms with E-state index in [-0.39, 0.29) is 17.1 Å². The van der Waals surface area contributed by atoms with Crippen molar-refractivity contribution in [1.29, 1.82) is 0 Å². The Labute approximate surface area is 158 Å². The van der Waals surface area contributed by atoms with Gasteiger partial charge in [-0.1, -0.05) is 37.0 Å². The highest BCUT2D eigenvalue weighted by molar-refractivity contribution is 6.39. The first-order chi connectivity index (χ1) is 13.0. The second-order valence-corrected chi connectivity index (χ2v) is 6.39. The maximum atomic E-state index is 13.1. The summed E-state index contributed by atoms with van der Waals surface area (Å²) in [6.45, 7) is 2.44. The molecule has 0 atom stereocenters. The largest absolute Gasteiger partial charge is 0.490 e. The van der Waals surface area contributed by atoms with Crippen LogP contribution in [0.25, 0.3) is 10.9 Å². The number of unbranched alkanes of at least 4 members (excludes halogenated alkanes) is 1. The third kappa shape index (κ3) is 4.27. The molecule has 0 unspecified atom stereocenters. The molecule has 3 rings (SSSR count). The number of aromatic nitrogens is 1. The zero-order valence-electron chi connectivity index (χ0n) is 15.0. The maximum Gasteiger partial charge on any atom is 0.339 e. The van der Waals surface area contributed by atoms with Crippen LogP contribution in [-0.4, -0.2) is 30.5 Å². The minimum atomic E-state index is -1.10. The van der Waals surface area contributed by atoms with E-state index in [4.69, 9.17) is 12.6 Å². The monoisotopic (exact) mass is 363 g/mol. The molecule has 0 aliphatic rings. The van der Waals surface area contributed by atoms with Gasteiger partial charge in [-0.15, -0.1) is 0 Å². The average Bonchev–Trinajstić information content (AvgIpc) is 2.65. The van der Waals surface area contributed by atoms with Crippen LogP contribution >= 0.6 is 0 Å². The van der Waals surface area contributed by atoms with Gasteiger partial charge in [-0.05, 0) is 47.6 Å². The summed E-state index contributed by atoms with van der Waals surface area (Å²) in [4.78, 5) is 16.0. The van der Waals surface area contributed by atoms with Gasteiger partial charge in [0.05, 0.1) is 6.61 Å². The van der Waals surface area contributed by atoms with Crippen LogP contribution in [0.15, 0.2) is 42.6 Å². The van der Waals surface area contributed by atoms with Crippen LogP contribution in [0.2, 0.25) is 0 Å². The zero-order chi connectivity index (χ0) is 19.4. The summed E-state index contributed by atoms with van der Waals surface area (Å²) in [5.41, 5.74) is 2.61. The van der Waals surface area contributed by atoms with E-state index in [2.05, 4.69) is 4.98 Å². The minimum absolute atomic E-state index is 0.00916. The number of carboxylic acids is 1. The molecule has 0 saturated carbocycles. The number of hydrogen-bond donors (Lipinski definition) is 1. The number of halogens is 1. The molecule has 1 heterocycles. The molecule has 1 N–H and O–H groups in total. The fourth-order valence-corrected chi connectivity index (χ4v) is 2.89. The van der Waals surface area contributed by atoms with Gasteiger partial charge >= 0.3 is 5.97 Å². The molecule has 6 heteroatoms. The number of fused-ring (bicyclic) bond motifs is 1. The molecule has 27 heavy (non-hydrogen) atoms. The van der Waals surface area contributed by atoms with E-state index in [1.165, 1.54) is 18.2 Å². The number of carbonyl (C=O) groups is 1. The summed E-state index contributed by atoms with van der Waals surface area (Å²) in [7, 11) is 6.09. The smallest absolute Gasteiger partial charge is 0.339 e. The van der Waals surface area contributed by atoms with Crippen LogP contribution in [0.4, 0.5) is 4.39 Å². The molecule has 0 aliphatic heterocycles. The number of ether oxygens (including phenoxy) is 1. The summed E-state index contributed by atoms with van der Waals surface area (Å²) in [6.07, 6.45) is 3.98. The lowest BCUT2D eigenvalue weighted by Gasteiger charge is -2.14. The number of carboxylic acid groups (broad SMARTS) is 1. The Morgan fingerprint density at radius 1 is 1.22 bits per heavy atom. The molecular weight excluding hydrogens is 344 g/mol. The lowest BCUT2D eigenvalue weighted by Crippen LogP contribution is -2.14. The van der Waals surface area contributed by atoms with Crippen molar-refractivity contribution in [2.45, 2.75) is 26.2 Å². The van der Waals surface area contributed by atoms with Gasteiger partial charge < -0.3 is 9.84 Å². The maximum absolute atomic E-state index is 13.1. The SMILES string of the molecule is [B]c1cc(C(=O)O)c(OCCCC)c2ncc(Cc3ccc(F)cc3)cc12. The van der Waals surface area contributed by atoms with Crippen LogP contribution < -0.4 is 10.2 Å². The van der Waals surface area contributed by atoms with Gasteiger partial charge in [0.2, 0.25) is 0 Å². The molecule has 2 aromatic carbocycles. The summed E-state index contributed by atoms with van der Waals surface area (Å²) in [6, 6.07) is 9.55. The van der Waals surface area contributed by atoms with E-state index in [9.17, 15) is 14.3 Å². The van der Waals surface area contributed by atoms with Gasteiger partial charge in [-0.2, -0.15) is 0 Å². The second-order valence-electron chi connectivity index (χ2n) is 6.39. The molecule has 2 radical (unpaired) electrons. The van der Waals surface area contributed by atoms with Crippen LogP contribution in [0.3, 0.4) is 0 Å². The Kier molecular flexibility index (Phi) is 5.74. The third-order valence-corrected chi connectivity index (χ3v) is 4.31. The molecule has 0 bridgehead atoms. The van der Waals surface area contributed by atoms with Gasteiger partial charge in [-0.25, -0.2) is 9.18 Å². The molecule has 0 aliphatic carbocycles. The topological polar surface area (TPSA) is 59.4 Å². The number of rotatable bonds is 7. The van der Waals surface area contributed by atoms with Crippen LogP contribution in [0.1, 0.15) is 41.3 Å². The molecule has 3 aromatic rings. The van der Waals surface area contributed by atoms with Crippen molar-refractivity contribution in [1.82, 2.24) is 4.98 Å². The van der Waals surface area contributed by atoms with Gasteiger partial charge in [0.25, 0.3) is 0 Å². The number of pyridine rings is 1. The Morgan fingerprint density at radius 2 is 1.96 bits per heavy atom. The molecule has 1 aromatic heterocycles. The average molecular weight is 363 g/mol. The van der Waals surface area contributed by atoms with E-state index in [0.29, 0.717) is 29.4 Å². The van der Waals surface area contributed by atoms with Crippen molar-refractivity contribution >= 4 is 30.2 Å². The summed E-state index contributed by atoms with van der Waals surface area (Å²) >= 11 is 0. The molecule has 136 valence electrons. The second kappa shape index (κ2) is 8.21. The Hall–Kier alpha value is -2.89. The highest BCUT2D eigenvalue weighted by Crippen LogP contribution is 2.28.